The van der Waals surface area contributed by atoms with Crippen molar-refractivity contribution < 1.29 is 38.1 Å². The Kier molecular flexibility index (Phi) is 23.1. The average molecular weight is 1620 g/mol. The van der Waals surface area contributed by atoms with E-state index in [-0.39, 0.29) is 72.2 Å². The fourth-order valence-corrected chi connectivity index (χ4v) is 20.2. The van der Waals surface area contributed by atoms with Crippen molar-refractivity contribution in [1.29, 1.82) is 0 Å². The number of fused-ring (bicyclic) bond motifs is 11. The molecule has 598 valence electrons. The summed E-state index contributed by atoms with van der Waals surface area (Å²) >= 11 is 4.55. The second kappa shape index (κ2) is 34.7. The predicted octanol–water partition coefficient (Wildman–Crippen LogP) is 15.7. The highest BCUT2D eigenvalue weighted by molar-refractivity contribution is 7.13. The molecule has 4 amide bonds. The van der Waals surface area contributed by atoms with E-state index in [1.54, 1.807) is 43.4 Å². The minimum atomic E-state index is -0.0372. The molecule has 0 N–H and O–H groups in total. The fourth-order valence-electron chi connectivity index (χ4n) is 18.1. The van der Waals surface area contributed by atoms with Gasteiger partial charge in [-0.3, -0.25) is 34.1 Å². The smallest absolute Gasteiger partial charge is 0.273 e. The number of benzene rings is 1. The monoisotopic (exact) mass is 1620 g/mol. The number of hydrogen-bond acceptors (Lipinski definition) is 22. The Labute approximate surface area is 691 Å². The number of carbonyl (C=O) groups excluding carboxylic acids is 4. The second-order valence-electron chi connectivity index (χ2n) is 31.9. The Morgan fingerprint density at radius 2 is 0.786 bits per heavy atom. The van der Waals surface area contributed by atoms with Gasteiger partial charge in [-0.05, 0) is 193 Å². The standard InChI is InChI=1S/C23H24N4O2S.C23H24N4O2.2C22H22N4O2S/c1-14-3-6-19(26-12-14)29-18-11-16-4-5-17(18)27(13-16)23(28)21-20(15(2)7-8-24-21)22-25-9-10-30-22;1-15-7-8-21(25-13-15)29-20-12-16-11-19(20)27(14-16)23(28)18-6-4-3-5-17(18)22-24-9-10-26(22)2;1-14-4-7-19(25-12-14)28-18-11-15-5-6-17(18)26(13-15)22(27)16-3-2-8-23-20(16)21-24-9-10-29-21;1-14-4-7-19(25-12-14)28-18-11-15-5-6-17(18)26(13-15)22(27)20-16(3-2-8-23-20)21-24-9-10-29-21/h3,6-10,12,16-18H,4-5,11,13H2,1-2H3;3-10,13,16,19-20H,11-12,14H2,1-2H3;2*2-4,7-10,12,15,17-18H,5-6,11,13H2,1H3. The van der Waals surface area contributed by atoms with E-state index in [4.69, 9.17) is 18.9 Å². The molecule has 11 aliphatic rings. The van der Waals surface area contributed by atoms with Crippen LogP contribution in [-0.2, 0) is 7.05 Å². The molecule has 0 spiro atoms. The number of aryl methyl sites for hydroxylation is 6. The van der Waals surface area contributed by atoms with Crippen LogP contribution in [0.15, 0.2) is 194 Å². The first-order valence-corrected chi connectivity index (χ1v) is 42.9. The first-order valence-electron chi connectivity index (χ1n) is 40.3. The lowest BCUT2D eigenvalue weighted by atomic mass is 9.77. The Morgan fingerprint density at radius 1 is 0.359 bits per heavy atom. The summed E-state index contributed by atoms with van der Waals surface area (Å²) in [5.74, 6) is 5.18. The summed E-state index contributed by atoms with van der Waals surface area (Å²) in [6, 6.07) is 33.0. The number of aromatic nitrogens is 12. The quantitative estimate of drug-likeness (QED) is 0.0870. The molecule has 11 fully saturated rings. The molecule has 12 aromatic rings. The molecule has 117 heavy (non-hydrogen) atoms. The van der Waals surface area contributed by atoms with Crippen molar-refractivity contribution in [3.8, 4) is 66.8 Å². The highest BCUT2D eigenvalue weighted by Crippen LogP contribution is 2.45. The first-order chi connectivity index (χ1) is 57.1. The minimum Gasteiger partial charge on any atom is -0.472 e. The van der Waals surface area contributed by atoms with Crippen LogP contribution in [-0.4, -0.2) is 177 Å². The van der Waals surface area contributed by atoms with Gasteiger partial charge in [0.05, 0.1) is 35.3 Å². The van der Waals surface area contributed by atoms with Crippen molar-refractivity contribution in [2.45, 2.75) is 154 Å². The molecular weight excluding hydrogens is 1530 g/mol. The Hall–Kier alpha value is -11.6. The molecule has 18 heterocycles. The van der Waals surface area contributed by atoms with Gasteiger partial charge in [0.1, 0.15) is 62.3 Å². The van der Waals surface area contributed by atoms with Crippen LogP contribution in [0.5, 0.6) is 23.5 Å². The van der Waals surface area contributed by atoms with Crippen molar-refractivity contribution >= 4 is 57.6 Å². The maximum atomic E-state index is 13.7. The van der Waals surface area contributed by atoms with E-state index in [0.717, 1.165) is 162 Å². The summed E-state index contributed by atoms with van der Waals surface area (Å²) < 4.78 is 26.8. The van der Waals surface area contributed by atoms with Gasteiger partial charge in [-0.1, -0.05) is 42.5 Å². The second-order valence-corrected chi connectivity index (χ2v) is 34.5. The van der Waals surface area contributed by atoms with E-state index in [0.29, 0.717) is 75.4 Å². The fraction of sp³-hybridized carbons (Fsp3) is 0.367. The number of thiazole rings is 3. The molecule has 12 unspecified atom stereocenters. The van der Waals surface area contributed by atoms with E-state index in [9.17, 15) is 19.2 Å². The lowest BCUT2D eigenvalue weighted by Crippen LogP contribution is -2.59. The minimum absolute atomic E-state index is 0.00627. The number of imidazole rings is 1. The van der Waals surface area contributed by atoms with Gasteiger partial charge in [-0.25, -0.2) is 39.9 Å². The highest BCUT2D eigenvalue weighted by atomic mass is 32.1. The van der Waals surface area contributed by atoms with Gasteiger partial charge in [-0.15, -0.1) is 34.0 Å². The molecule has 8 bridgehead atoms. The van der Waals surface area contributed by atoms with Crippen LogP contribution in [0.3, 0.4) is 0 Å². The largest absolute Gasteiger partial charge is 0.472 e. The predicted molar refractivity (Wildman–Crippen MR) is 447 cm³/mol. The number of amides is 4. The maximum Gasteiger partial charge on any atom is 0.273 e. The topological polar surface area (TPSA) is 265 Å². The van der Waals surface area contributed by atoms with Crippen molar-refractivity contribution in [2.24, 2.45) is 30.7 Å². The zero-order valence-electron chi connectivity index (χ0n) is 66.2. The van der Waals surface area contributed by atoms with E-state index in [1.165, 1.54) is 34.0 Å². The molecule has 12 atom stereocenters. The van der Waals surface area contributed by atoms with Crippen LogP contribution in [0.25, 0.3) is 43.2 Å². The van der Waals surface area contributed by atoms with Crippen LogP contribution < -0.4 is 18.9 Å². The van der Waals surface area contributed by atoms with Crippen LogP contribution >= 0.6 is 34.0 Å². The third kappa shape index (κ3) is 17.1. The van der Waals surface area contributed by atoms with Gasteiger partial charge in [0.15, 0.2) is 0 Å². The van der Waals surface area contributed by atoms with Gasteiger partial charge in [-0.2, -0.15) is 0 Å². The molecule has 1 aromatic carbocycles. The summed E-state index contributed by atoms with van der Waals surface area (Å²) in [4.78, 5) is 111. The highest BCUT2D eigenvalue weighted by Gasteiger charge is 2.51. The first kappa shape index (κ1) is 78.0. The zero-order chi connectivity index (χ0) is 80.2. The number of nitrogens with zero attached hydrogens (tertiary/aromatic N) is 16. The van der Waals surface area contributed by atoms with Crippen LogP contribution in [0.1, 0.15) is 140 Å². The number of pyridine rings is 7. The number of hydrogen-bond donors (Lipinski definition) is 0. The molecule has 7 saturated heterocycles. The molecular formula is C90H92N16O8S3. The summed E-state index contributed by atoms with van der Waals surface area (Å²) in [5, 5.41) is 8.17. The molecule has 4 saturated carbocycles. The van der Waals surface area contributed by atoms with Crippen molar-refractivity contribution in [3.05, 3.63) is 244 Å². The van der Waals surface area contributed by atoms with E-state index < -0.39 is 0 Å². The summed E-state index contributed by atoms with van der Waals surface area (Å²) in [7, 11) is 1.94. The summed E-state index contributed by atoms with van der Waals surface area (Å²) in [5.41, 5.74) is 10.9. The molecule has 7 aliphatic heterocycles. The molecule has 0 radical (unpaired) electrons. The van der Waals surface area contributed by atoms with E-state index in [2.05, 4.69) is 54.8 Å². The lowest BCUT2D eigenvalue weighted by Gasteiger charge is -2.49. The Bertz CT molecular complexity index is 5280. The number of carbonyl (C=O) groups is 4. The molecule has 27 heteroatoms. The van der Waals surface area contributed by atoms with Crippen molar-refractivity contribution in [1.82, 2.24) is 79.0 Å². The van der Waals surface area contributed by atoms with Gasteiger partial charge in [0, 0.05) is 165 Å². The zero-order valence-corrected chi connectivity index (χ0v) is 68.6. The third-order valence-corrected chi connectivity index (χ3v) is 26.2. The van der Waals surface area contributed by atoms with Crippen molar-refractivity contribution in [3.63, 3.8) is 0 Å². The van der Waals surface area contributed by atoms with Gasteiger partial charge in [0.2, 0.25) is 23.5 Å². The van der Waals surface area contributed by atoms with Crippen LogP contribution in [0.2, 0.25) is 0 Å². The molecule has 11 aromatic heterocycles. The maximum absolute atomic E-state index is 13.7. The molecule has 4 aliphatic carbocycles. The lowest BCUT2D eigenvalue weighted by molar-refractivity contribution is -0.0316. The summed E-state index contributed by atoms with van der Waals surface area (Å²) in [6.07, 6.45) is 32.3. The third-order valence-electron chi connectivity index (χ3n) is 23.8. The number of likely N-dealkylation sites (tertiary alicyclic amines) is 1. The number of ether oxygens (including phenoxy) is 4. The SMILES string of the molecule is Cc1ccc(OC2CC3CC2N(C(=O)c2ccccc2-c2nccn2C)C3)nc1.Cc1ccc(OC2CC3CCC2N(C(=O)c2cccnc2-c2nccs2)C3)nc1.Cc1ccc(OC2CC3CCC2N(C(=O)c2nccc(C)c2-c2nccs2)C3)nc1.Cc1ccc(OC2CC3CCC2N(C(=O)c2ncccc2-c2nccs2)C3)nc1. The van der Waals surface area contributed by atoms with Crippen LogP contribution in [0.4, 0.5) is 0 Å². The Morgan fingerprint density at radius 3 is 1.27 bits per heavy atom. The van der Waals surface area contributed by atoms with Crippen LogP contribution in [0, 0.1) is 58.3 Å². The summed E-state index contributed by atoms with van der Waals surface area (Å²) in [6.45, 7) is 13.1. The molecule has 23 rings (SSSR count). The van der Waals surface area contributed by atoms with Crippen molar-refractivity contribution in [2.75, 3.05) is 26.2 Å². The normalized spacial score (nSPS) is 23.0. The van der Waals surface area contributed by atoms with E-state index >= 15 is 0 Å². The van der Waals surface area contributed by atoms with Gasteiger partial charge in [0.25, 0.3) is 23.6 Å². The van der Waals surface area contributed by atoms with Gasteiger partial charge < -0.3 is 43.1 Å². The number of piperidine rings is 7. The number of rotatable bonds is 16. The Balaban J connectivity index is 0.000000112. The molecule has 24 nitrogen and oxygen atoms in total. The average Bonchev–Trinajstić information content (AvgIpc) is 1.68. The van der Waals surface area contributed by atoms with E-state index in [1.807, 2.05) is 216 Å². The van der Waals surface area contributed by atoms with Gasteiger partial charge >= 0.3 is 0 Å².